The van der Waals surface area contributed by atoms with Gasteiger partial charge in [0.25, 0.3) is 5.89 Å². The van der Waals surface area contributed by atoms with Gasteiger partial charge in [-0.3, -0.25) is 14.8 Å². The second-order valence-electron chi connectivity index (χ2n) is 5.45. The minimum atomic E-state index is -0.593. The molecule has 3 rings (SSSR count). The molecule has 1 fully saturated rings. The molecule has 120 valence electrons. The van der Waals surface area contributed by atoms with Crippen molar-refractivity contribution in [2.24, 2.45) is 12.8 Å². The molecule has 9 nitrogen and oxygen atoms in total. The van der Waals surface area contributed by atoms with Gasteiger partial charge in [-0.25, -0.2) is 0 Å². The Kier molecular flexibility index (Phi) is 4.21. The number of nitrogens with two attached hydrogens (primary N) is 1. The molecule has 0 bridgehead atoms. The summed E-state index contributed by atoms with van der Waals surface area (Å²) in [4.78, 5) is 15.0. The summed E-state index contributed by atoms with van der Waals surface area (Å²) in [5, 5.41) is 19.2. The van der Waals surface area contributed by atoms with Gasteiger partial charge in [-0.05, 0) is 19.8 Å². The molecule has 2 heterocycles. The van der Waals surface area contributed by atoms with E-state index in [1.807, 2.05) is 0 Å². The number of rotatable bonds is 3. The lowest BCUT2D eigenvalue weighted by Crippen LogP contribution is -2.34. The average molecular weight is 329 g/mol. The van der Waals surface area contributed by atoms with Crippen LogP contribution in [0.2, 0.25) is 0 Å². The lowest BCUT2D eigenvalue weighted by Gasteiger charge is -2.17. The molecule has 0 aliphatic heterocycles. The first-order valence-electron chi connectivity index (χ1n) is 6.74. The van der Waals surface area contributed by atoms with Crippen LogP contribution in [-0.2, 0) is 12.6 Å². The quantitative estimate of drug-likeness (QED) is 0.672. The van der Waals surface area contributed by atoms with Gasteiger partial charge in [-0.2, -0.15) is 10.1 Å². The fourth-order valence-electron chi connectivity index (χ4n) is 2.86. The Labute approximate surface area is 132 Å². The number of nitrogens with zero attached hydrogens (tertiary/aromatic N) is 5. The van der Waals surface area contributed by atoms with Crippen LogP contribution >= 0.6 is 12.4 Å². The van der Waals surface area contributed by atoms with E-state index in [1.165, 1.54) is 4.68 Å². The van der Waals surface area contributed by atoms with Gasteiger partial charge in [-0.1, -0.05) is 18.0 Å². The molecule has 1 aliphatic carbocycles. The smallest absolute Gasteiger partial charge is 0.322 e. The van der Waals surface area contributed by atoms with E-state index < -0.39 is 10.5 Å². The molecule has 0 spiro atoms. The largest absolute Gasteiger partial charge is 0.332 e. The number of hydrogen-bond acceptors (Lipinski definition) is 7. The summed E-state index contributed by atoms with van der Waals surface area (Å²) >= 11 is 0. The lowest BCUT2D eigenvalue weighted by molar-refractivity contribution is -0.384. The monoisotopic (exact) mass is 328 g/mol. The number of aromatic nitrogens is 4. The normalized spacial score (nSPS) is 16.5. The summed E-state index contributed by atoms with van der Waals surface area (Å²) in [6, 6.07) is 0. The molecule has 0 radical (unpaired) electrons. The van der Waals surface area contributed by atoms with Crippen molar-refractivity contribution in [2.45, 2.75) is 38.1 Å². The highest BCUT2D eigenvalue weighted by molar-refractivity contribution is 5.85. The van der Waals surface area contributed by atoms with Crippen LogP contribution in [-0.4, -0.2) is 24.8 Å². The Morgan fingerprint density at radius 2 is 2.05 bits per heavy atom. The first kappa shape index (κ1) is 16.4. The fraction of sp³-hybridized carbons (Fsp3) is 0.583. The third kappa shape index (κ3) is 2.46. The molecule has 1 aliphatic rings. The Hall–Kier alpha value is -2.00. The summed E-state index contributed by atoms with van der Waals surface area (Å²) in [5.74, 6) is 0.486. The van der Waals surface area contributed by atoms with Crippen molar-refractivity contribution < 1.29 is 9.45 Å². The first-order chi connectivity index (χ1) is 9.92. The molecule has 22 heavy (non-hydrogen) atoms. The zero-order valence-electron chi connectivity index (χ0n) is 12.3. The van der Waals surface area contributed by atoms with Crippen molar-refractivity contribution in [1.82, 2.24) is 19.9 Å². The number of nitro groups is 1. The third-order valence-electron chi connectivity index (χ3n) is 3.94. The van der Waals surface area contributed by atoms with Gasteiger partial charge >= 0.3 is 5.69 Å². The van der Waals surface area contributed by atoms with Crippen LogP contribution in [0.1, 0.15) is 37.2 Å². The number of halogens is 1. The summed E-state index contributed by atoms with van der Waals surface area (Å²) in [6.45, 7) is 1.57. The predicted molar refractivity (Wildman–Crippen MR) is 79.5 cm³/mol. The highest BCUT2D eigenvalue weighted by Crippen LogP contribution is 2.37. The molecule has 0 atom stereocenters. The van der Waals surface area contributed by atoms with Crippen molar-refractivity contribution in [3.05, 3.63) is 21.6 Å². The standard InChI is InChI=1S/C12H16N6O3.ClH/c1-7-8(18(19)20)9(17(2)15-7)10-14-11(16-21-10)12(13)5-3-4-6-12;/h3-6,13H2,1-2H3;1H. The Morgan fingerprint density at radius 3 is 2.64 bits per heavy atom. The van der Waals surface area contributed by atoms with Crippen molar-refractivity contribution in [3.8, 4) is 11.6 Å². The Morgan fingerprint density at radius 1 is 1.41 bits per heavy atom. The number of aryl methyl sites for hydroxylation is 2. The van der Waals surface area contributed by atoms with E-state index in [1.54, 1.807) is 14.0 Å². The van der Waals surface area contributed by atoms with E-state index >= 15 is 0 Å². The Balaban J connectivity index is 0.00000176. The summed E-state index contributed by atoms with van der Waals surface area (Å²) in [5.41, 5.74) is 6.07. The Bertz CT molecular complexity index is 704. The minimum absolute atomic E-state index is 0. The summed E-state index contributed by atoms with van der Waals surface area (Å²) in [7, 11) is 1.60. The molecule has 0 aromatic carbocycles. The third-order valence-corrected chi connectivity index (χ3v) is 3.94. The maximum atomic E-state index is 11.2. The molecular formula is C12H17ClN6O3. The molecule has 1 saturated carbocycles. The number of hydrogen-bond donors (Lipinski definition) is 1. The van der Waals surface area contributed by atoms with Gasteiger partial charge < -0.3 is 10.3 Å². The van der Waals surface area contributed by atoms with Crippen molar-refractivity contribution in [1.29, 1.82) is 0 Å². The lowest BCUT2D eigenvalue weighted by atomic mass is 9.99. The van der Waals surface area contributed by atoms with E-state index in [4.69, 9.17) is 10.3 Å². The molecular weight excluding hydrogens is 312 g/mol. The van der Waals surface area contributed by atoms with Gasteiger partial charge in [-0.15, -0.1) is 12.4 Å². The first-order valence-corrected chi connectivity index (χ1v) is 6.74. The highest BCUT2D eigenvalue weighted by atomic mass is 35.5. The molecule has 0 amide bonds. The average Bonchev–Trinajstić information content (AvgIpc) is 3.08. The summed E-state index contributed by atoms with van der Waals surface area (Å²) in [6.07, 6.45) is 3.62. The second kappa shape index (κ2) is 5.65. The van der Waals surface area contributed by atoms with E-state index in [-0.39, 0.29) is 29.7 Å². The maximum absolute atomic E-state index is 11.2. The van der Waals surface area contributed by atoms with Crippen LogP contribution in [0.5, 0.6) is 0 Å². The zero-order valence-corrected chi connectivity index (χ0v) is 13.1. The SMILES string of the molecule is Cc1nn(C)c(-c2nc(C3(N)CCCC3)no2)c1[N+](=O)[O-].Cl. The van der Waals surface area contributed by atoms with Crippen LogP contribution in [0.25, 0.3) is 11.6 Å². The zero-order chi connectivity index (χ0) is 15.2. The van der Waals surface area contributed by atoms with Crippen LogP contribution in [0.15, 0.2) is 4.52 Å². The summed E-state index contributed by atoms with van der Waals surface area (Å²) < 4.78 is 6.58. The molecule has 10 heteroatoms. The van der Waals surface area contributed by atoms with Crippen LogP contribution < -0.4 is 5.73 Å². The molecule has 2 N–H and O–H groups in total. The van der Waals surface area contributed by atoms with E-state index in [0.717, 1.165) is 25.7 Å². The topological polar surface area (TPSA) is 126 Å². The van der Waals surface area contributed by atoms with Crippen LogP contribution in [0, 0.1) is 17.0 Å². The van der Waals surface area contributed by atoms with Gasteiger partial charge in [0.1, 0.15) is 5.69 Å². The second-order valence-corrected chi connectivity index (χ2v) is 5.45. The van der Waals surface area contributed by atoms with Gasteiger partial charge in [0, 0.05) is 7.05 Å². The molecule has 2 aromatic rings. The predicted octanol–water partition coefficient (Wildman–Crippen LogP) is 1.84. The van der Waals surface area contributed by atoms with Crippen molar-refractivity contribution >= 4 is 18.1 Å². The minimum Gasteiger partial charge on any atom is -0.332 e. The van der Waals surface area contributed by atoms with Crippen molar-refractivity contribution in [3.63, 3.8) is 0 Å². The van der Waals surface area contributed by atoms with E-state index in [0.29, 0.717) is 11.5 Å². The van der Waals surface area contributed by atoms with Gasteiger partial charge in [0.2, 0.25) is 5.69 Å². The molecule has 0 unspecified atom stereocenters. The van der Waals surface area contributed by atoms with Gasteiger partial charge in [0.15, 0.2) is 5.82 Å². The van der Waals surface area contributed by atoms with E-state index in [2.05, 4.69) is 15.2 Å². The maximum Gasteiger partial charge on any atom is 0.322 e. The van der Waals surface area contributed by atoms with Crippen LogP contribution in [0.4, 0.5) is 5.69 Å². The molecule has 2 aromatic heterocycles. The van der Waals surface area contributed by atoms with Crippen molar-refractivity contribution in [2.75, 3.05) is 0 Å². The van der Waals surface area contributed by atoms with Gasteiger partial charge in [0.05, 0.1) is 10.5 Å². The van der Waals surface area contributed by atoms with Crippen LogP contribution in [0.3, 0.4) is 0 Å². The highest BCUT2D eigenvalue weighted by Gasteiger charge is 2.37. The molecule has 0 saturated heterocycles. The fourth-order valence-corrected chi connectivity index (χ4v) is 2.86. The van der Waals surface area contributed by atoms with E-state index in [9.17, 15) is 10.1 Å².